The summed E-state index contributed by atoms with van der Waals surface area (Å²) in [5, 5.41) is 10.3. The maximum absolute atomic E-state index is 12.7. The number of aromatic nitrogens is 2. The topological polar surface area (TPSA) is 186 Å². The average molecular weight is 575 g/mol. The lowest BCUT2D eigenvalue weighted by Gasteiger charge is -2.08. The van der Waals surface area contributed by atoms with Gasteiger partial charge in [-0.2, -0.15) is 8.42 Å². The minimum Gasteiger partial charge on any atom is -0.497 e. The molecule has 0 aliphatic heterocycles. The molecule has 4 aromatic rings. The molecule has 0 bridgehead atoms. The molecule has 0 radical (unpaired) electrons. The van der Waals surface area contributed by atoms with Gasteiger partial charge in [-0.1, -0.05) is 29.5 Å². The SMILES string of the molecule is COc1cccc(C(=O)Nc2cccc(-c3csc(-c4sc(NC(=O)NCCS(=O)(=O)O)nc4N)n3)c2)c1. The van der Waals surface area contributed by atoms with Crippen molar-refractivity contribution in [2.45, 2.75) is 0 Å². The van der Waals surface area contributed by atoms with E-state index in [-0.39, 0.29) is 23.4 Å². The summed E-state index contributed by atoms with van der Waals surface area (Å²) in [5.74, 6) is -0.137. The number of hydrogen-bond donors (Lipinski definition) is 5. The average Bonchev–Trinajstić information content (AvgIpc) is 3.50. The molecule has 4 rings (SSSR count). The number of methoxy groups -OCH3 is 1. The number of hydrogen-bond acceptors (Lipinski definition) is 10. The Bertz CT molecular complexity index is 1580. The van der Waals surface area contributed by atoms with E-state index in [1.54, 1.807) is 42.5 Å². The predicted molar refractivity (Wildman–Crippen MR) is 147 cm³/mol. The summed E-state index contributed by atoms with van der Waals surface area (Å²) < 4.78 is 35.4. The van der Waals surface area contributed by atoms with Gasteiger partial charge >= 0.3 is 6.03 Å². The van der Waals surface area contributed by atoms with Crippen LogP contribution in [0.15, 0.2) is 53.9 Å². The first-order valence-corrected chi connectivity index (χ1v) is 14.2. The van der Waals surface area contributed by atoms with E-state index >= 15 is 0 Å². The Balaban J connectivity index is 1.44. The minimum atomic E-state index is -4.18. The maximum Gasteiger partial charge on any atom is 0.321 e. The van der Waals surface area contributed by atoms with Gasteiger partial charge in [0.1, 0.15) is 21.5 Å². The maximum atomic E-state index is 12.7. The number of nitrogens with zero attached hydrogens (tertiary/aromatic N) is 2. The number of amides is 3. The highest BCUT2D eigenvalue weighted by atomic mass is 32.2. The van der Waals surface area contributed by atoms with Crippen LogP contribution in [-0.4, -0.2) is 54.3 Å². The Morgan fingerprint density at radius 1 is 1.11 bits per heavy atom. The number of carbonyl (C=O) groups excluding carboxylic acids is 2. The number of benzene rings is 2. The summed E-state index contributed by atoms with van der Waals surface area (Å²) in [5.41, 5.74) is 8.52. The summed E-state index contributed by atoms with van der Waals surface area (Å²) in [7, 11) is -2.65. The Hall–Kier alpha value is -4.05. The number of rotatable bonds is 9. The van der Waals surface area contributed by atoms with E-state index < -0.39 is 21.9 Å². The van der Waals surface area contributed by atoms with Gasteiger partial charge in [0.2, 0.25) is 0 Å². The second-order valence-corrected chi connectivity index (χ2v) is 11.1. The van der Waals surface area contributed by atoms with Crippen LogP contribution in [0.4, 0.5) is 21.4 Å². The number of thiazole rings is 2. The molecule has 12 nitrogen and oxygen atoms in total. The lowest BCUT2D eigenvalue weighted by Crippen LogP contribution is -2.32. The van der Waals surface area contributed by atoms with Crippen molar-refractivity contribution in [2.75, 3.05) is 35.8 Å². The van der Waals surface area contributed by atoms with Crippen LogP contribution < -0.4 is 26.4 Å². The zero-order chi connectivity index (χ0) is 27.3. The Morgan fingerprint density at radius 2 is 1.89 bits per heavy atom. The second-order valence-electron chi connectivity index (χ2n) is 7.71. The van der Waals surface area contributed by atoms with Crippen molar-refractivity contribution in [3.8, 4) is 26.9 Å². The Kier molecular flexibility index (Phi) is 8.21. The number of nitrogen functional groups attached to an aromatic ring is 1. The Morgan fingerprint density at radius 3 is 2.66 bits per heavy atom. The standard InChI is InChI=1S/C23H22N6O6S3/c1-35-16-7-3-5-14(11-16)20(30)26-15-6-2-4-13(10-15)17-12-36-21(27-17)18-19(24)28-23(37-18)29-22(31)25-8-9-38(32,33)34/h2-7,10-12H,8-9,24H2,1H3,(H,26,30)(H,32,33,34)(H2,25,28,29,31). The lowest BCUT2D eigenvalue weighted by molar-refractivity contribution is 0.102. The summed E-state index contributed by atoms with van der Waals surface area (Å²) in [6, 6.07) is 13.4. The number of ether oxygens (including phenoxy) is 1. The zero-order valence-electron chi connectivity index (χ0n) is 19.8. The molecule has 2 heterocycles. The van der Waals surface area contributed by atoms with Gasteiger partial charge < -0.3 is 21.1 Å². The number of nitrogens with one attached hydrogen (secondary N) is 3. The molecule has 6 N–H and O–H groups in total. The Labute approximate surface area is 225 Å². The smallest absolute Gasteiger partial charge is 0.321 e. The van der Waals surface area contributed by atoms with Crippen molar-refractivity contribution < 1.29 is 27.3 Å². The molecule has 0 aliphatic carbocycles. The van der Waals surface area contributed by atoms with Crippen LogP contribution in [0.1, 0.15) is 10.4 Å². The largest absolute Gasteiger partial charge is 0.497 e. The molecule has 0 spiro atoms. The van der Waals surface area contributed by atoms with Crippen molar-refractivity contribution in [3.05, 3.63) is 59.5 Å². The number of anilines is 3. The summed E-state index contributed by atoms with van der Waals surface area (Å²) in [6.07, 6.45) is 0. The second kappa shape index (κ2) is 11.6. The first-order chi connectivity index (χ1) is 18.1. The van der Waals surface area contributed by atoms with E-state index in [9.17, 15) is 18.0 Å². The predicted octanol–water partition coefficient (Wildman–Crippen LogP) is 3.79. The van der Waals surface area contributed by atoms with E-state index in [4.69, 9.17) is 15.0 Å². The fourth-order valence-corrected chi connectivity index (χ4v) is 5.38. The normalized spacial score (nSPS) is 11.1. The molecule has 0 aliphatic rings. The summed E-state index contributed by atoms with van der Waals surface area (Å²) in [6.45, 7) is -0.271. The third-order valence-electron chi connectivity index (χ3n) is 4.97. The number of carbonyl (C=O) groups is 2. The fourth-order valence-electron chi connectivity index (χ4n) is 3.21. The van der Waals surface area contributed by atoms with E-state index in [1.807, 2.05) is 11.4 Å². The summed E-state index contributed by atoms with van der Waals surface area (Å²) in [4.78, 5) is 33.9. The molecule has 2 aromatic carbocycles. The highest BCUT2D eigenvalue weighted by Gasteiger charge is 2.17. The number of nitrogens with two attached hydrogens (primary N) is 1. The molecule has 0 saturated heterocycles. The third kappa shape index (κ3) is 7.04. The van der Waals surface area contributed by atoms with Gasteiger partial charge in [0.25, 0.3) is 16.0 Å². The number of urea groups is 1. The third-order valence-corrected chi connectivity index (χ3v) is 7.67. The molecule has 38 heavy (non-hydrogen) atoms. The molecule has 0 fully saturated rings. The van der Waals surface area contributed by atoms with E-state index in [0.717, 1.165) is 16.9 Å². The van der Waals surface area contributed by atoms with Crippen molar-refractivity contribution in [1.29, 1.82) is 0 Å². The van der Waals surface area contributed by atoms with Crippen LogP contribution in [0.25, 0.3) is 21.1 Å². The van der Waals surface area contributed by atoms with E-state index in [1.165, 1.54) is 18.4 Å². The van der Waals surface area contributed by atoms with Gasteiger partial charge in [-0.25, -0.2) is 14.8 Å². The molecule has 0 atom stereocenters. The highest BCUT2D eigenvalue weighted by molar-refractivity contribution is 7.85. The molecule has 198 valence electrons. The molecular formula is C23H22N6O6S3. The van der Waals surface area contributed by atoms with Crippen molar-refractivity contribution in [2.24, 2.45) is 0 Å². The molecule has 3 amide bonds. The van der Waals surface area contributed by atoms with Gasteiger partial charge in [0.05, 0.1) is 18.6 Å². The van der Waals surface area contributed by atoms with Crippen LogP contribution in [0.5, 0.6) is 5.75 Å². The van der Waals surface area contributed by atoms with Gasteiger partial charge in [0.15, 0.2) is 5.13 Å². The lowest BCUT2D eigenvalue weighted by atomic mass is 10.1. The minimum absolute atomic E-state index is 0.170. The summed E-state index contributed by atoms with van der Waals surface area (Å²) >= 11 is 2.44. The highest BCUT2D eigenvalue weighted by Crippen LogP contribution is 2.38. The van der Waals surface area contributed by atoms with Gasteiger partial charge in [-0.3, -0.25) is 14.7 Å². The van der Waals surface area contributed by atoms with Crippen molar-refractivity contribution in [3.63, 3.8) is 0 Å². The first-order valence-electron chi connectivity index (χ1n) is 10.9. The zero-order valence-corrected chi connectivity index (χ0v) is 22.2. The monoisotopic (exact) mass is 574 g/mol. The van der Waals surface area contributed by atoms with Gasteiger partial charge in [-0.05, 0) is 30.3 Å². The van der Waals surface area contributed by atoms with E-state index in [2.05, 4.69) is 25.9 Å². The van der Waals surface area contributed by atoms with Crippen molar-refractivity contribution in [1.82, 2.24) is 15.3 Å². The first kappa shape index (κ1) is 27.0. The molecule has 0 unspecified atom stereocenters. The van der Waals surface area contributed by atoms with Crippen LogP contribution >= 0.6 is 22.7 Å². The molecule has 0 saturated carbocycles. The van der Waals surface area contributed by atoms with Gasteiger partial charge in [0, 0.05) is 28.7 Å². The van der Waals surface area contributed by atoms with Gasteiger partial charge in [-0.15, -0.1) is 11.3 Å². The van der Waals surface area contributed by atoms with Crippen LogP contribution in [-0.2, 0) is 10.1 Å². The fraction of sp³-hybridized carbons (Fsp3) is 0.130. The van der Waals surface area contributed by atoms with Crippen LogP contribution in [0, 0.1) is 0 Å². The molecule has 2 aromatic heterocycles. The quantitative estimate of drug-likeness (QED) is 0.185. The van der Waals surface area contributed by atoms with Crippen molar-refractivity contribution >= 4 is 61.4 Å². The molecule has 15 heteroatoms. The molecular weight excluding hydrogens is 552 g/mol. The van der Waals surface area contributed by atoms with E-state index in [0.29, 0.717) is 32.6 Å². The van der Waals surface area contributed by atoms with Crippen LogP contribution in [0.3, 0.4) is 0 Å². The van der Waals surface area contributed by atoms with Crippen LogP contribution in [0.2, 0.25) is 0 Å².